The van der Waals surface area contributed by atoms with E-state index in [1.165, 1.54) is 11.3 Å². The molecule has 0 aliphatic carbocycles. The number of aryl methyl sites for hydroxylation is 2. The van der Waals surface area contributed by atoms with Crippen LogP contribution in [0.1, 0.15) is 30.8 Å². The molecule has 0 unspecified atom stereocenters. The minimum atomic E-state index is 0.885. The van der Waals surface area contributed by atoms with Gasteiger partial charge in [0.25, 0.3) is 0 Å². The van der Waals surface area contributed by atoms with Crippen molar-refractivity contribution in [3.8, 4) is 0 Å². The molecule has 0 amide bonds. The van der Waals surface area contributed by atoms with Gasteiger partial charge >= 0.3 is 0 Å². The van der Waals surface area contributed by atoms with E-state index in [-0.39, 0.29) is 0 Å². The van der Waals surface area contributed by atoms with Crippen LogP contribution >= 0.6 is 0 Å². The van der Waals surface area contributed by atoms with E-state index in [1.54, 1.807) is 0 Å². The molecule has 98 valence electrons. The minimum absolute atomic E-state index is 0.885. The predicted octanol–water partition coefficient (Wildman–Crippen LogP) is 1.94. The first-order valence-electron chi connectivity index (χ1n) is 6.60. The van der Waals surface area contributed by atoms with Crippen LogP contribution in [0, 0.1) is 0 Å². The number of nitrogens with one attached hydrogen (secondary N) is 1. The summed E-state index contributed by atoms with van der Waals surface area (Å²) in [6, 6.07) is 4.35. The Kier molecular flexibility index (Phi) is 4.20. The van der Waals surface area contributed by atoms with Gasteiger partial charge in [-0.25, -0.2) is 0 Å². The van der Waals surface area contributed by atoms with Crippen LogP contribution in [0.4, 0.5) is 0 Å². The molecule has 0 fully saturated rings. The lowest BCUT2D eigenvalue weighted by Crippen LogP contribution is -2.11. The average molecular weight is 246 g/mol. The molecule has 0 spiro atoms. The molecule has 0 saturated heterocycles. The van der Waals surface area contributed by atoms with Crippen molar-refractivity contribution < 1.29 is 0 Å². The van der Waals surface area contributed by atoms with Gasteiger partial charge in [-0.15, -0.1) is 0 Å². The summed E-state index contributed by atoms with van der Waals surface area (Å²) in [5, 5.41) is 7.81. The van der Waals surface area contributed by atoms with Gasteiger partial charge < -0.3 is 9.88 Å². The van der Waals surface area contributed by atoms with Gasteiger partial charge in [-0.1, -0.05) is 13.8 Å². The number of aromatic nitrogens is 3. The number of nitrogens with zero attached hydrogens (tertiary/aromatic N) is 3. The molecule has 0 aliphatic rings. The molecule has 0 atom stereocenters. The van der Waals surface area contributed by atoms with Gasteiger partial charge in [-0.3, -0.25) is 4.68 Å². The normalized spacial score (nSPS) is 11.1. The monoisotopic (exact) mass is 246 g/mol. The van der Waals surface area contributed by atoms with Crippen molar-refractivity contribution in [2.75, 3.05) is 6.54 Å². The molecular weight excluding hydrogens is 224 g/mol. The summed E-state index contributed by atoms with van der Waals surface area (Å²) >= 11 is 0. The fourth-order valence-electron chi connectivity index (χ4n) is 2.04. The molecule has 2 aromatic rings. The van der Waals surface area contributed by atoms with Gasteiger partial charge in [0.2, 0.25) is 0 Å². The molecule has 2 aromatic heterocycles. The zero-order valence-corrected chi connectivity index (χ0v) is 11.5. The van der Waals surface area contributed by atoms with E-state index in [9.17, 15) is 0 Å². The zero-order chi connectivity index (χ0) is 13.0. The Morgan fingerprint density at radius 2 is 2.17 bits per heavy atom. The van der Waals surface area contributed by atoms with Crippen molar-refractivity contribution in [2.24, 2.45) is 7.05 Å². The molecule has 0 aliphatic heterocycles. The lowest BCUT2D eigenvalue weighted by molar-refractivity contribution is 0.659. The Hall–Kier alpha value is -1.55. The van der Waals surface area contributed by atoms with E-state index in [0.717, 1.165) is 31.7 Å². The van der Waals surface area contributed by atoms with Crippen LogP contribution in [-0.2, 0) is 26.6 Å². The zero-order valence-electron chi connectivity index (χ0n) is 11.5. The van der Waals surface area contributed by atoms with E-state index < -0.39 is 0 Å². The third-order valence-corrected chi connectivity index (χ3v) is 3.12. The van der Waals surface area contributed by atoms with Crippen LogP contribution < -0.4 is 5.32 Å². The number of hydrogen-bond acceptors (Lipinski definition) is 2. The van der Waals surface area contributed by atoms with Crippen molar-refractivity contribution in [1.82, 2.24) is 19.7 Å². The summed E-state index contributed by atoms with van der Waals surface area (Å²) in [6.45, 7) is 7.09. The highest BCUT2D eigenvalue weighted by molar-refractivity contribution is 5.14. The first kappa shape index (κ1) is 12.9. The SMILES string of the molecule is CCNCc1ccn(Cc2cc(CC)nn2C)c1. The summed E-state index contributed by atoms with van der Waals surface area (Å²) in [5.41, 5.74) is 3.74. The van der Waals surface area contributed by atoms with Gasteiger partial charge in [-0.2, -0.15) is 5.10 Å². The fraction of sp³-hybridized carbons (Fsp3) is 0.500. The Labute approximate surface area is 109 Å². The van der Waals surface area contributed by atoms with Crippen LogP contribution in [0.2, 0.25) is 0 Å². The second-order valence-electron chi connectivity index (χ2n) is 4.58. The molecule has 4 heteroatoms. The minimum Gasteiger partial charge on any atom is -0.348 e. The maximum Gasteiger partial charge on any atom is 0.0639 e. The van der Waals surface area contributed by atoms with Crippen LogP contribution in [0.3, 0.4) is 0 Å². The topological polar surface area (TPSA) is 34.8 Å². The van der Waals surface area contributed by atoms with Gasteiger partial charge in [0.15, 0.2) is 0 Å². The van der Waals surface area contributed by atoms with Crippen molar-refractivity contribution in [1.29, 1.82) is 0 Å². The smallest absolute Gasteiger partial charge is 0.0639 e. The van der Waals surface area contributed by atoms with Crippen LogP contribution in [0.5, 0.6) is 0 Å². The highest BCUT2D eigenvalue weighted by Crippen LogP contribution is 2.08. The van der Waals surface area contributed by atoms with Crippen LogP contribution in [0.25, 0.3) is 0 Å². The van der Waals surface area contributed by atoms with E-state index in [1.807, 2.05) is 11.7 Å². The molecule has 2 rings (SSSR count). The fourth-order valence-corrected chi connectivity index (χ4v) is 2.04. The van der Waals surface area contributed by atoms with Crippen LogP contribution in [0.15, 0.2) is 24.5 Å². The highest BCUT2D eigenvalue weighted by Gasteiger charge is 2.04. The molecule has 2 heterocycles. The highest BCUT2D eigenvalue weighted by atomic mass is 15.3. The summed E-state index contributed by atoms with van der Waals surface area (Å²) < 4.78 is 4.19. The molecule has 4 nitrogen and oxygen atoms in total. The standard InChI is InChI=1S/C14H22N4/c1-4-13-8-14(17(3)16-13)11-18-7-6-12(10-18)9-15-5-2/h6-8,10,15H,4-5,9,11H2,1-3H3. The quantitative estimate of drug-likeness (QED) is 0.845. The number of rotatable bonds is 6. The second-order valence-corrected chi connectivity index (χ2v) is 4.58. The van der Waals surface area contributed by atoms with Gasteiger partial charge in [0.1, 0.15) is 0 Å². The van der Waals surface area contributed by atoms with Gasteiger partial charge in [-0.05, 0) is 30.7 Å². The van der Waals surface area contributed by atoms with Gasteiger partial charge in [0.05, 0.1) is 17.9 Å². The predicted molar refractivity (Wildman–Crippen MR) is 73.5 cm³/mol. The van der Waals surface area contributed by atoms with Crippen molar-refractivity contribution in [3.05, 3.63) is 41.5 Å². The first-order chi connectivity index (χ1) is 8.72. The summed E-state index contributed by atoms with van der Waals surface area (Å²) in [5.74, 6) is 0. The molecule has 0 radical (unpaired) electrons. The Bertz CT molecular complexity index is 496. The van der Waals surface area contributed by atoms with E-state index in [4.69, 9.17) is 0 Å². The Morgan fingerprint density at radius 3 is 2.83 bits per heavy atom. The van der Waals surface area contributed by atoms with E-state index in [2.05, 4.69) is 53.4 Å². The molecule has 0 aromatic carbocycles. The lowest BCUT2D eigenvalue weighted by atomic mass is 10.3. The molecule has 0 saturated carbocycles. The van der Waals surface area contributed by atoms with Crippen molar-refractivity contribution in [3.63, 3.8) is 0 Å². The molecule has 0 bridgehead atoms. The molecule has 1 N–H and O–H groups in total. The Balaban J connectivity index is 2.04. The third-order valence-electron chi connectivity index (χ3n) is 3.12. The third kappa shape index (κ3) is 3.01. The van der Waals surface area contributed by atoms with Crippen molar-refractivity contribution in [2.45, 2.75) is 33.4 Å². The molecular formula is C14H22N4. The summed E-state index contributed by atoms with van der Waals surface area (Å²) in [7, 11) is 2.01. The van der Waals surface area contributed by atoms with Crippen molar-refractivity contribution >= 4 is 0 Å². The summed E-state index contributed by atoms with van der Waals surface area (Å²) in [6.07, 6.45) is 5.32. The maximum absolute atomic E-state index is 4.47. The van der Waals surface area contributed by atoms with E-state index in [0.29, 0.717) is 0 Å². The summed E-state index contributed by atoms with van der Waals surface area (Å²) in [4.78, 5) is 0. The first-order valence-corrected chi connectivity index (χ1v) is 6.60. The molecule has 18 heavy (non-hydrogen) atoms. The van der Waals surface area contributed by atoms with Gasteiger partial charge in [0, 0.05) is 26.0 Å². The Morgan fingerprint density at radius 1 is 1.33 bits per heavy atom. The lowest BCUT2D eigenvalue weighted by Gasteiger charge is -2.03. The number of hydrogen-bond donors (Lipinski definition) is 1. The van der Waals surface area contributed by atoms with Crippen LogP contribution in [-0.4, -0.2) is 20.9 Å². The maximum atomic E-state index is 4.47. The largest absolute Gasteiger partial charge is 0.348 e. The van der Waals surface area contributed by atoms with E-state index >= 15 is 0 Å². The average Bonchev–Trinajstić information content (AvgIpc) is 2.95. The second kappa shape index (κ2) is 5.87.